The first-order valence-electron chi connectivity index (χ1n) is 12.3. The number of pyridine rings is 4. The van der Waals surface area contributed by atoms with Crippen molar-refractivity contribution in [3.8, 4) is 0 Å². The summed E-state index contributed by atoms with van der Waals surface area (Å²) in [6.45, 7) is 17.3. The molecule has 15 heteroatoms. The van der Waals surface area contributed by atoms with Crippen LogP contribution in [0.4, 0.5) is 28.8 Å². The zero-order valence-electron chi connectivity index (χ0n) is 23.3. The summed E-state index contributed by atoms with van der Waals surface area (Å²) in [5.41, 5.74) is 11.7. The van der Waals surface area contributed by atoms with Gasteiger partial charge in [-0.05, 0) is 65.8 Å². The zero-order chi connectivity index (χ0) is 31.3. The Bertz CT molecular complexity index is 2040. The van der Waals surface area contributed by atoms with Crippen molar-refractivity contribution < 1.29 is 0 Å². The second kappa shape index (κ2) is 13.6. The number of nitrogens with two attached hydrogens (primary N) is 1. The van der Waals surface area contributed by atoms with Gasteiger partial charge in [-0.15, -0.1) is 9.97 Å². The Kier molecular flexibility index (Phi) is 9.92. The lowest BCUT2D eigenvalue weighted by Crippen LogP contribution is -1.98. The summed E-state index contributed by atoms with van der Waals surface area (Å²) in [7, 11) is 3.76. The number of nitrogen functional groups attached to an aromatic ring is 1. The summed E-state index contributed by atoms with van der Waals surface area (Å²) in [6.07, 6.45) is 6.50. The SMILES string of the molecule is Cn1cnc2c(Cl)cc(I)nc21.[C-]#[N+]c1cc(C)c(N)cn1.[C-]#[N+]c1cc(C)c(Nc2cc(Cl)c3ncn(C)c3n2)cn1. The first-order valence-corrected chi connectivity index (χ1v) is 14.2. The molecule has 0 saturated heterocycles. The van der Waals surface area contributed by atoms with Gasteiger partial charge in [-0.3, -0.25) is 0 Å². The van der Waals surface area contributed by atoms with E-state index in [9.17, 15) is 0 Å². The lowest BCUT2D eigenvalue weighted by Gasteiger charge is -2.08. The summed E-state index contributed by atoms with van der Waals surface area (Å²) in [5.74, 6) is 1.37. The maximum absolute atomic E-state index is 6.96. The number of hydrogen-bond acceptors (Lipinski definition) is 8. The topological polar surface area (TPSA) is 134 Å². The average molecular weight is 725 g/mol. The maximum Gasteiger partial charge on any atom is 0.269 e. The molecule has 0 amide bonds. The number of anilines is 3. The molecule has 0 saturated carbocycles. The van der Waals surface area contributed by atoms with Crippen LogP contribution in [-0.2, 0) is 14.1 Å². The molecule has 12 nitrogen and oxygen atoms in total. The van der Waals surface area contributed by atoms with Crippen LogP contribution in [0.15, 0.2) is 49.3 Å². The summed E-state index contributed by atoms with van der Waals surface area (Å²) < 4.78 is 4.54. The highest BCUT2D eigenvalue weighted by Crippen LogP contribution is 2.27. The second-order valence-corrected chi connectivity index (χ2v) is 11.0. The van der Waals surface area contributed by atoms with Gasteiger partial charge in [0.15, 0.2) is 11.3 Å². The number of nitrogens with one attached hydrogen (secondary N) is 1. The molecule has 0 aliphatic rings. The molecule has 43 heavy (non-hydrogen) atoms. The number of aromatic nitrogens is 8. The lowest BCUT2D eigenvalue weighted by molar-refractivity contribution is 0.928. The van der Waals surface area contributed by atoms with Gasteiger partial charge in [0, 0.05) is 20.2 Å². The number of fused-ring (bicyclic) bond motifs is 2. The van der Waals surface area contributed by atoms with Gasteiger partial charge in [0.1, 0.15) is 32.9 Å². The molecule has 0 fully saturated rings. The number of imidazole rings is 2. The largest absolute Gasteiger partial charge is 0.396 e. The van der Waals surface area contributed by atoms with Gasteiger partial charge in [0.2, 0.25) is 0 Å². The highest BCUT2D eigenvalue weighted by Gasteiger charge is 2.11. The molecule has 216 valence electrons. The van der Waals surface area contributed by atoms with E-state index in [2.05, 4.69) is 67.5 Å². The minimum absolute atomic E-state index is 0.367. The van der Waals surface area contributed by atoms with Gasteiger partial charge in [-0.1, -0.05) is 36.3 Å². The van der Waals surface area contributed by atoms with E-state index in [0.29, 0.717) is 44.4 Å². The van der Waals surface area contributed by atoms with E-state index in [0.717, 1.165) is 31.7 Å². The van der Waals surface area contributed by atoms with Gasteiger partial charge in [0.25, 0.3) is 11.6 Å². The monoisotopic (exact) mass is 724 g/mol. The molecule has 0 unspecified atom stereocenters. The van der Waals surface area contributed by atoms with E-state index in [4.69, 9.17) is 42.1 Å². The molecule has 6 aromatic heterocycles. The Morgan fingerprint density at radius 1 is 0.791 bits per heavy atom. The highest BCUT2D eigenvalue weighted by molar-refractivity contribution is 14.1. The predicted octanol–water partition coefficient (Wildman–Crippen LogP) is 7.37. The third-order valence-corrected chi connectivity index (χ3v) is 7.07. The van der Waals surface area contributed by atoms with Crippen LogP contribution in [-0.4, -0.2) is 39.0 Å². The minimum atomic E-state index is 0.367. The van der Waals surface area contributed by atoms with E-state index in [1.807, 2.05) is 32.5 Å². The van der Waals surface area contributed by atoms with Crippen LogP contribution in [0.5, 0.6) is 0 Å². The molecular weight excluding hydrogens is 702 g/mol. The summed E-state index contributed by atoms with van der Waals surface area (Å²) >= 11 is 14.3. The van der Waals surface area contributed by atoms with Crippen molar-refractivity contribution in [3.63, 3.8) is 0 Å². The van der Waals surface area contributed by atoms with Crippen molar-refractivity contribution in [1.29, 1.82) is 0 Å². The lowest BCUT2D eigenvalue weighted by atomic mass is 10.2. The first kappa shape index (κ1) is 31.4. The molecular formula is C28H23Cl2IN12. The Labute approximate surface area is 270 Å². The third-order valence-electron chi connectivity index (χ3n) is 5.94. The molecule has 0 aromatic carbocycles. The summed E-state index contributed by atoms with van der Waals surface area (Å²) in [6, 6.07) is 6.92. The van der Waals surface area contributed by atoms with Gasteiger partial charge in [0.05, 0.1) is 34.1 Å². The highest BCUT2D eigenvalue weighted by atomic mass is 127. The predicted molar refractivity (Wildman–Crippen MR) is 178 cm³/mol. The molecule has 6 aromatic rings. The molecule has 6 rings (SSSR count). The van der Waals surface area contributed by atoms with Gasteiger partial charge in [-0.2, -0.15) is 0 Å². The average Bonchev–Trinajstić information content (AvgIpc) is 3.54. The fourth-order valence-corrected chi connectivity index (χ4v) is 4.83. The fourth-order valence-electron chi connectivity index (χ4n) is 3.64. The van der Waals surface area contributed by atoms with Crippen molar-refractivity contribution in [3.05, 3.63) is 97.0 Å². The number of nitrogens with zero attached hydrogens (tertiary/aromatic N) is 10. The first-order chi connectivity index (χ1) is 20.5. The Morgan fingerprint density at radius 3 is 1.88 bits per heavy atom. The standard InChI is InChI=1S/C14H11ClN6.C7H5ClIN3.C7H7N3/c1-8-4-11(16-2)17-6-10(8)19-12-5-9(15)13-14(20-12)21(3)7-18-13;1-12-3-10-6-4(8)2-5(9)11-7(6)12;1-5-3-7(9-2)10-4-6(5)8/h4-7H,1,3H3,(H,19,20);2-3H,1H3;3-4H,8H2,1H3. The minimum Gasteiger partial charge on any atom is -0.396 e. The van der Waals surface area contributed by atoms with Gasteiger partial charge in [-0.25, -0.2) is 19.9 Å². The van der Waals surface area contributed by atoms with E-state index in [1.165, 1.54) is 6.20 Å². The van der Waals surface area contributed by atoms with Crippen LogP contribution < -0.4 is 11.1 Å². The quantitative estimate of drug-likeness (QED) is 0.107. The van der Waals surface area contributed by atoms with Crippen molar-refractivity contribution in [2.24, 2.45) is 14.1 Å². The van der Waals surface area contributed by atoms with Crippen molar-refractivity contribution in [2.45, 2.75) is 13.8 Å². The van der Waals surface area contributed by atoms with Gasteiger partial charge >= 0.3 is 0 Å². The zero-order valence-corrected chi connectivity index (χ0v) is 27.0. The van der Waals surface area contributed by atoms with Crippen LogP contribution in [0.1, 0.15) is 11.1 Å². The number of halogens is 3. The Hall–Kier alpha value is -4.57. The normalized spacial score (nSPS) is 10.3. The van der Waals surface area contributed by atoms with Crippen LogP contribution in [0.2, 0.25) is 10.0 Å². The van der Waals surface area contributed by atoms with Crippen LogP contribution in [0.3, 0.4) is 0 Å². The van der Waals surface area contributed by atoms with Crippen LogP contribution >= 0.6 is 45.8 Å². The van der Waals surface area contributed by atoms with E-state index in [1.54, 1.807) is 47.7 Å². The molecule has 0 aliphatic carbocycles. The summed E-state index contributed by atoms with van der Waals surface area (Å²) in [4.78, 5) is 31.4. The molecule has 0 radical (unpaired) electrons. The maximum atomic E-state index is 6.96. The molecule has 0 atom stereocenters. The smallest absolute Gasteiger partial charge is 0.269 e. The number of aryl methyl sites for hydroxylation is 4. The van der Waals surface area contributed by atoms with Crippen LogP contribution in [0.25, 0.3) is 32.0 Å². The Morgan fingerprint density at radius 2 is 1.33 bits per heavy atom. The van der Waals surface area contributed by atoms with Crippen molar-refractivity contribution in [1.82, 2.24) is 39.0 Å². The van der Waals surface area contributed by atoms with Crippen molar-refractivity contribution >= 4 is 96.9 Å². The summed E-state index contributed by atoms with van der Waals surface area (Å²) in [5, 5.41) is 4.36. The number of rotatable bonds is 2. The molecule has 6 heterocycles. The molecule has 0 spiro atoms. The van der Waals surface area contributed by atoms with Gasteiger partial charge < -0.3 is 29.9 Å². The second-order valence-electron chi connectivity index (χ2n) is 9.08. The molecule has 0 bridgehead atoms. The van der Waals surface area contributed by atoms with E-state index < -0.39 is 0 Å². The fraction of sp³-hybridized carbons (Fsp3) is 0.143. The third kappa shape index (κ3) is 7.45. The Balaban J connectivity index is 0.000000163. The van der Waals surface area contributed by atoms with Crippen molar-refractivity contribution in [2.75, 3.05) is 11.1 Å². The number of hydrogen-bond donors (Lipinski definition) is 2. The van der Waals surface area contributed by atoms with E-state index >= 15 is 0 Å². The van der Waals surface area contributed by atoms with Crippen LogP contribution in [0, 0.1) is 30.7 Å². The molecule has 3 N–H and O–H groups in total. The molecule has 0 aliphatic heterocycles. The van der Waals surface area contributed by atoms with E-state index in [-0.39, 0.29) is 0 Å².